The normalized spacial score (nSPS) is 17.1. The Morgan fingerprint density at radius 1 is 1.06 bits per heavy atom. The van der Waals surface area contributed by atoms with Gasteiger partial charge in [-0.05, 0) is 37.6 Å². The summed E-state index contributed by atoms with van der Waals surface area (Å²) in [6.07, 6.45) is 1.08. The van der Waals surface area contributed by atoms with E-state index in [4.69, 9.17) is 14.2 Å². The molecule has 0 bridgehead atoms. The molecule has 0 spiro atoms. The van der Waals surface area contributed by atoms with Crippen molar-refractivity contribution in [2.75, 3.05) is 47.1 Å². The molecule has 0 saturated carbocycles. The van der Waals surface area contributed by atoms with Crippen LogP contribution in [0.2, 0.25) is 0 Å². The first-order valence-electron chi connectivity index (χ1n) is 12.6. The maximum atomic E-state index is 13.6. The van der Waals surface area contributed by atoms with Crippen LogP contribution in [0.3, 0.4) is 0 Å². The Labute approximate surface area is 214 Å². The Morgan fingerprint density at radius 2 is 1.83 bits per heavy atom. The van der Waals surface area contributed by atoms with Crippen LogP contribution in [0.5, 0.6) is 11.5 Å². The van der Waals surface area contributed by atoms with E-state index in [0.717, 1.165) is 18.5 Å². The number of carbonyl (C=O) groups excluding carboxylic acids is 2. The average Bonchev–Trinajstić information content (AvgIpc) is 3.31. The smallest absolute Gasteiger partial charge is 0.254 e. The maximum absolute atomic E-state index is 13.6. The number of methoxy groups -OCH3 is 2. The molecule has 0 radical (unpaired) electrons. The van der Waals surface area contributed by atoms with E-state index in [-0.39, 0.29) is 29.8 Å². The van der Waals surface area contributed by atoms with Crippen molar-refractivity contribution in [1.29, 1.82) is 0 Å². The number of benzene rings is 2. The molecule has 2 atom stereocenters. The zero-order valence-electron chi connectivity index (χ0n) is 21.8. The molecule has 1 heterocycles. The summed E-state index contributed by atoms with van der Waals surface area (Å²) in [7, 11) is 3.23. The highest BCUT2D eigenvalue weighted by atomic mass is 16.5. The summed E-state index contributed by atoms with van der Waals surface area (Å²) >= 11 is 0. The number of hydrogen-bond donors (Lipinski definition) is 2. The summed E-state index contributed by atoms with van der Waals surface area (Å²) in [6, 6.07) is 14.9. The fourth-order valence-corrected chi connectivity index (χ4v) is 4.39. The topological polar surface area (TPSA) is 89.1 Å². The molecule has 0 aromatic heterocycles. The average molecular weight is 498 g/mol. The monoisotopic (exact) mass is 497 g/mol. The highest BCUT2D eigenvalue weighted by Gasteiger charge is 2.32. The van der Waals surface area contributed by atoms with E-state index in [2.05, 4.69) is 10.6 Å². The molecule has 8 nitrogen and oxygen atoms in total. The van der Waals surface area contributed by atoms with Gasteiger partial charge in [-0.3, -0.25) is 9.59 Å². The lowest BCUT2D eigenvalue weighted by molar-refractivity contribution is -0.121. The SMILES string of the molecule is COCCCOc1cc(C(=O)N(C[C@@H]2CNC[C@@H]2NC(=O)Cc2ccccc2)C(C)C)ccc1OC. The molecule has 2 amide bonds. The van der Waals surface area contributed by atoms with Crippen LogP contribution >= 0.6 is 0 Å². The van der Waals surface area contributed by atoms with E-state index in [1.54, 1.807) is 32.4 Å². The summed E-state index contributed by atoms with van der Waals surface area (Å²) < 4.78 is 16.4. The minimum Gasteiger partial charge on any atom is -0.493 e. The first-order valence-corrected chi connectivity index (χ1v) is 12.6. The van der Waals surface area contributed by atoms with Crippen LogP contribution in [0.4, 0.5) is 0 Å². The second kappa shape index (κ2) is 13.8. The third kappa shape index (κ3) is 7.70. The standard InChI is InChI=1S/C28H39N3O5/c1-20(2)31(28(33)22-11-12-25(35-4)26(16-22)36-14-8-13-34-3)19-23-17-29-18-24(23)30-27(32)15-21-9-6-5-7-10-21/h5-7,9-12,16,20,23-24,29H,8,13-15,17-19H2,1-4H3,(H,30,32)/t23-,24-/m0/s1. The molecule has 2 aromatic carbocycles. The van der Waals surface area contributed by atoms with Gasteiger partial charge in [0, 0.05) is 63.3 Å². The molecule has 8 heteroatoms. The Balaban J connectivity index is 1.66. The van der Waals surface area contributed by atoms with Crippen molar-refractivity contribution in [3.63, 3.8) is 0 Å². The van der Waals surface area contributed by atoms with Crippen molar-refractivity contribution in [2.45, 2.75) is 38.8 Å². The van der Waals surface area contributed by atoms with Gasteiger partial charge in [-0.15, -0.1) is 0 Å². The van der Waals surface area contributed by atoms with Crippen LogP contribution in [0, 0.1) is 5.92 Å². The summed E-state index contributed by atoms with van der Waals surface area (Å²) in [5, 5.41) is 6.54. The second-order valence-electron chi connectivity index (χ2n) is 9.37. The van der Waals surface area contributed by atoms with Crippen molar-refractivity contribution in [1.82, 2.24) is 15.5 Å². The predicted octanol–water partition coefficient (Wildman–Crippen LogP) is 2.91. The van der Waals surface area contributed by atoms with Gasteiger partial charge < -0.3 is 29.7 Å². The first kappa shape index (κ1) is 27.5. The molecular weight excluding hydrogens is 458 g/mol. The molecule has 2 aromatic rings. The third-order valence-electron chi connectivity index (χ3n) is 6.37. The van der Waals surface area contributed by atoms with Crippen LogP contribution < -0.4 is 20.1 Å². The van der Waals surface area contributed by atoms with Gasteiger partial charge in [0.15, 0.2) is 11.5 Å². The summed E-state index contributed by atoms with van der Waals surface area (Å²) in [5.41, 5.74) is 1.53. The van der Waals surface area contributed by atoms with E-state index < -0.39 is 0 Å². The van der Waals surface area contributed by atoms with E-state index in [9.17, 15) is 9.59 Å². The maximum Gasteiger partial charge on any atom is 0.254 e. The first-order chi connectivity index (χ1) is 17.4. The fraction of sp³-hybridized carbons (Fsp3) is 0.500. The largest absolute Gasteiger partial charge is 0.493 e. The van der Waals surface area contributed by atoms with E-state index >= 15 is 0 Å². The van der Waals surface area contributed by atoms with Gasteiger partial charge in [0.05, 0.1) is 20.1 Å². The molecular formula is C28H39N3O5. The lowest BCUT2D eigenvalue weighted by atomic mass is 10.0. The Morgan fingerprint density at radius 3 is 2.53 bits per heavy atom. The molecule has 3 rings (SSSR count). The molecule has 1 saturated heterocycles. The van der Waals surface area contributed by atoms with Crippen LogP contribution in [-0.2, 0) is 16.0 Å². The Bertz CT molecular complexity index is 982. The van der Waals surface area contributed by atoms with Crippen molar-refractivity contribution < 1.29 is 23.8 Å². The van der Waals surface area contributed by atoms with Crippen LogP contribution in [0.1, 0.15) is 36.2 Å². The minimum absolute atomic E-state index is 0.00672. The predicted molar refractivity (Wildman–Crippen MR) is 140 cm³/mol. The van der Waals surface area contributed by atoms with Gasteiger partial charge >= 0.3 is 0 Å². The molecule has 196 valence electrons. The van der Waals surface area contributed by atoms with Crippen LogP contribution in [-0.4, -0.2) is 75.9 Å². The van der Waals surface area contributed by atoms with Gasteiger partial charge in [0.25, 0.3) is 5.91 Å². The zero-order chi connectivity index (χ0) is 25.9. The molecule has 1 aliphatic heterocycles. The highest BCUT2D eigenvalue weighted by Crippen LogP contribution is 2.29. The van der Waals surface area contributed by atoms with Gasteiger partial charge in [0.1, 0.15) is 0 Å². The van der Waals surface area contributed by atoms with Gasteiger partial charge in [0.2, 0.25) is 5.91 Å². The van der Waals surface area contributed by atoms with E-state index in [1.165, 1.54) is 0 Å². The minimum atomic E-state index is -0.0735. The summed E-state index contributed by atoms with van der Waals surface area (Å²) in [5.74, 6) is 1.15. The van der Waals surface area contributed by atoms with Crippen molar-refractivity contribution >= 4 is 11.8 Å². The third-order valence-corrected chi connectivity index (χ3v) is 6.37. The van der Waals surface area contributed by atoms with E-state index in [0.29, 0.717) is 49.8 Å². The van der Waals surface area contributed by atoms with Gasteiger partial charge in [-0.2, -0.15) is 0 Å². The number of ether oxygens (including phenoxy) is 3. The molecule has 36 heavy (non-hydrogen) atoms. The van der Waals surface area contributed by atoms with Gasteiger partial charge in [-0.1, -0.05) is 30.3 Å². The Kier molecular flexibility index (Phi) is 10.6. The number of amides is 2. The molecule has 1 fully saturated rings. The molecule has 1 aliphatic rings. The fourth-order valence-electron chi connectivity index (χ4n) is 4.39. The quantitative estimate of drug-likeness (QED) is 0.414. The van der Waals surface area contributed by atoms with Crippen molar-refractivity contribution in [3.05, 3.63) is 59.7 Å². The number of nitrogens with one attached hydrogen (secondary N) is 2. The Hall–Kier alpha value is -3.10. The molecule has 0 unspecified atom stereocenters. The van der Waals surface area contributed by atoms with Crippen molar-refractivity contribution in [2.24, 2.45) is 5.92 Å². The lowest BCUT2D eigenvalue weighted by Crippen LogP contribution is -2.47. The van der Waals surface area contributed by atoms with Crippen LogP contribution in [0.15, 0.2) is 48.5 Å². The number of nitrogens with zero attached hydrogens (tertiary/aromatic N) is 1. The van der Waals surface area contributed by atoms with E-state index in [1.807, 2.05) is 49.1 Å². The van der Waals surface area contributed by atoms with Crippen LogP contribution in [0.25, 0.3) is 0 Å². The number of rotatable bonds is 13. The highest BCUT2D eigenvalue weighted by molar-refractivity contribution is 5.95. The summed E-state index contributed by atoms with van der Waals surface area (Å²) in [4.78, 5) is 28.1. The molecule has 2 N–H and O–H groups in total. The molecule has 0 aliphatic carbocycles. The number of hydrogen-bond acceptors (Lipinski definition) is 6. The number of carbonyl (C=O) groups is 2. The lowest BCUT2D eigenvalue weighted by Gasteiger charge is -2.32. The summed E-state index contributed by atoms with van der Waals surface area (Å²) in [6.45, 7) is 7.05. The van der Waals surface area contributed by atoms with Gasteiger partial charge in [-0.25, -0.2) is 0 Å². The second-order valence-corrected chi connectivity index (χ2v) is 9.37. The van der Waals surface area contributed by atoms with Crippen molar-refractivity contribution in [3.8, 4) is 11.5 Å². The zero-order valence-corrected chi connectivity index (χ0v) is 21.8.